The van der Waals surface area contributed by atoms with Crippen molar-refractivity contribution in [2.24, 2.45) is 0 Å². The van der Waals surface area contributed by atoms with Crippen LogP contribution in [0, 0.1) is 5.21 Å². The number of pyridine rings is 2. The highest BCUT2D eigenvalue weighted by Gasteiger charge is 2.10. The minimum absolute atomic E-state index is 0.622. The van der Waals surface area contributed by atoms with E-state index in [1.54, 1.807) is 12.4 Å². The van der Waals surface area contributed by atoms with Crippen LogP contribution >= 0.6 is 0 Å². The van der Waals surface area contributed by atoms with Crippen LogP contribution in [0.2, 0.25) is 0 Å². The van der Waals surface area contributed by atoms with Crippen molar-refractivity contribution in [1.29, 1.82) is 0 Å². The topological polar surface area (TPSA) is 39.8 Å². The van der Waals surface area contributed by atoms with Crippen molar-refractivity contribution in [1.82, 2.24) is 4.98 Å². The number of nitrogens with zero attached hydrogens (tertiary/aromatic N) is 2. The molecule has 17 heavy (non-hydrogen) atoms. The lowest BCUT2D eigenvalue weighted by Gasteiger charge is -2.05. The van der Waals surface area contributed by atoms with Gasteiger partial charge in [-0.05, 0) is 24.3 Å². The number of hydrogen-bond acceptors (Lipinski definition) is 2. The minimum atomic E-state index is 0.622. The second-order valence-corrected chi connectivity index (χ2v) is 3.83. The molecule has 0 spiro atoms. The fourth-order valence-corrected chi connectivity index (χ4v) is 1.87. The molecule has 0 aliphatic heterocycles. The summed E-state index contributed by atoms with van der Waals surface area (Å²) < 4.78 is 0.888. The van der Waals surface area contributed by atoms with Crippen molar-refractivity contribution in [2.45, 2.75) is 0 Å². The van der Waals surface area contributed by atoms with Crippen molar-refractivity contribution in [2.75, 3.05) is 0 Å². The zero-order valence-corrected chi connectivity index (χ0v) is 9.08. The van der Waals surface area contributed by atoms with Crippen LogP contribution in [-0.2, 0) is 0 Å². The van der Waals surface area contributed by atoms with Crippen LogP contribution in [0.4, 0.5) is 0 Å². The second-order valence-electron chi connectivity index (χ2n) is 3.83. The lowest BCUT2D eigenvalue weighted by Crippen LogP contribution is -2.28. The summed E-state index contributed by atoms with van der Waals surface area (Å²) >= 11 is 0. The lowest BCUT2D eigenvalue weighted by molar-refractivity contribution is -0.592. The van der Waals surface area contributed by atoms with Gasteiger partial charge in [0, 0.05) is 17.8 Å². The van der Waals surface area contributed by atoms with E-state index >= 15 is 0 Å². The van der Waals surface area contributed by atoms with Crippen molar-refractivity contribution < 1.29 is 4.73 Å². The molecular weight excluding hydrogens is 212 g/mol. The zero-order chi connectivity index (χ0) is 11.7. The fraction of sp³-hybridized carbons (Fsp3) is 0. The van der Waals surface area contributed by atoms with E-state index in [0.717, 1.165) is 21.2 Å². The first kappa shape index (κ1) is 9.78. The Morgan fingerprint density at radius 1 is 1.00 bits per heavy atom. The highest BCUT2D eigenvalue weighted by atomic mass is 16.5. The molecule has 3 nitrogen and oxygen atoms in total. The summed E-state index contributed by atoms with van der Waals surface area (Å²) in [5.74, 6) is 0. The van der Waals surface area contributed by atoms with Gasteiger partial charge in [-0.2, -0.15) is 4.73 Å². The van der Waals surface area contributed by atoms with E-state index < -0.39 is 0 Å². The van der Waals surface area contributed by atoms with Crippen LogP contribution in [0.25, 0.3) is 22.2 Å². The van der Waals surface area contributed by atoms with Gasteiger partial charge in [0.25, 0.3) is 0 Å². The Hall–Kier alpha value is -2.42. The van der Waals surface area contributed by atoms with Gasteiger partial charge in [0.15, 0.2) is 6.20 Å². The molecule has 0 bridgehead atoms. The third kappa shape index (κ3) is 1.72. The van der Waals surface area contributed by atoms with Gasteiger partial charge in [-0.15, -0.1) is 0 Å². The molecule has 1 aromatic carbocycles. The average Bonchev–Trinajstić information content (AvgIpc) is 2.39. The fourth-order valence-electron chi connectivity index (χ4n) is 1.87. The molecule has 0 unspecified atom stereocenters. The molecular formula is C14H10N2O. The number of rotatable bonds is 1. The number of benzene rings is 1. The van der Waals surface area contributed by atoms with Crippen molar-refractivity contribution in [3.8, 4) is 11.3 Å². The normalized spacial score (nSPS) is 10.6. The maximum atomic E-state index is 11.9. The van der Waals surface area contributed by atoms with Crippen LogP contribution in [-0.4, -0.2) is 4.98 Å². The Kier molecular flexibility index (Phi) is 2.22. The SMILES string of the molecule is [O-][n+]1cc2cccnc2cc1-c1ccccc1. The first-order chi connectivity index (χ1) is 8.34. The van der Waals surface area contributed by atoms with Gasteiger partial charge in [-0.1, -0.05) is 18.2 Å². The van der Waals surface area contributed by atoms with E-state index in [1.165, 1.54) is 0 Å². The summed E-state index contributed by atoms with van der Waals surface area (Å²) in [6.45, 7) is 0. The quantitative estimate of drug-likeness (QED) is 0.469. The Balaban J connectivity index is 2.27. The van der Waals surface area contributed by atoms with E-state index in [-0.39, 0.29) is 0 Å². The molecule has 82 valence electrons. The number of hydrogen-bond donors (Lipinski definition) is 0. The summed E-state index contributed by atoms with van der Waals surface area (Å²) in [7, 11) is 0. The molecule has 0 radical (unpaired) electrons. The van der Waals surface area contributed by atoms with Gasteiger partial charge in [0.1, 0.15) is 0 Å². The van der Waals surface area contributed by atoms with Crippen molar-refractivity contribution in [3.63, 3.8) is 0 Å². The smallest absolute Gasteiger partial charge is 0.225 e. The molecule has 0 aliphatic carbocycles. The maximum absolute atomic E-state index is 11.9. The predicted molar refractivity (Wildman–Crippen MR) is 66.1 cm³/mol. The third-order valence-corrected chi connectivity index (χ3v) is 2.71. The predicted octanol–water partition coefficient (Wildman–Crippen LogP) is 2.54. The van der Waals surface area contributed by atoms with E-state index in [0.29, 0.717) is 5.69 Å². The number of fused-ring (bicyclic) bond motifs is 1. The largest absolute Gasteiger partial charge is 0.618 e. The first-order valence-corrected chi connectivity index (χ1v) is 5.38. The highest BCUT2D eigenvalue weighted by molar-refractivity contribution is 5.79. The summed E-state index contributed by atoms with van der Waals surface area (Å²) in [6, 6.07) is 15.1. The van der Waals surface area contributed by atoms with Gasteiger partial charge < -0.3 is 5.21 Å². The van der Waals surface area contributed by atoms with E-state index in [4.69, 9.17) is 0 Å². The van der Waals surface area contributed by atoms with Gasteiger partial charge >= 0.3 is 0 Å². The molecule has 2 aromatic heterocycles. The van der Waals surface area contributed by atoms with Crippen LogP contribution in [0.5, 0.6) is 0 Å². The van der Waals surface area contributed by atoms with Gasteiger partial charge in [0.2, 0.25) is 5.69 Å². The Bertz CT molecular complexity index is 665. The maximum Gasteiger partial charge on any atom is 0.225 e. The lowest BCUT2D eigenvalue weighted by atomic mass is 10.1. The molecule has 0 amide bonds. The van der Waals surface area contributed by atoms with Gasteiger partial charge in [0.05, 0.1) is 10.9 Å². The average molecular weight is 222 g/mol. The van der Waals surface area contributed by atoms with Crippen LogP contribution < -0.4 is 4.73 Å². The molecule has 0 fully saturated rings. The zero-order valence-electron chi connectivity index (χ0n) is 9.08. The molecule has 0 atom stereocenters. The Labute approximate surface area is 98.6 Å². The Morgan fingerprint density at radius 3 is 2.65 bits per heavy atom. The van der Waals surface area contributed by atoms with E-state index in [2.05, 4.69) is 4.98 Å². The number of aromatic nitrogens is 2. The summed E-state index contributed by atoms with van der Waals surface area (Å²) in [5.41, 5.74) is 2.35. The van der Waals surface area contributed by atoms with Crippen LogP contribution in [0.15, 0.2) is 60.9 Å². The van der Waals surface area contributed by atoms with Gasteiger partial charge in [-0.3, -0.25) is 4.98 Å². The molecule has 0 saturated heterocycles. The molecule has 3 rings (SSSR count). The summed E-state index contributed by atoms with van der Waals surface area (Å²) in [6.07, 6.45) is 3.29. The minimum Gasteiger partial charge on any atom is -0.618 e. The van der Waals surface area contributed by atoms with Crippen LogP contribution in [0.1, 0.15) is 0 Å². The molecule has 2 heterocycles. The third-order valence-electron chi connectivity index (χ3n) is 2.71. The summed E-state index contributed by atoms with van der Waals surface area (Å²) in [4.78, 5) is 4.26. The highest BCUT2D eigenvalue weighted by Crippen LogP contribution is 2.18. The second kappa shape index (κ2) is 3.87. The van der Waals surface area contributed by atoms with Crippen LogP contribution in [0.3, 0.4) is 0 Å². The first-order valence-electron chi connectivity index (χ1n) is 5.38. The standard InChI is InChI=1S/C14H10N2O/c17-16-10-12-7-4-8-15-13(12)9-14(16)11-5-2-1-3-6-11/h1-10H. The Morgan fingerprint density at radius 2 is 1.82 bits per heavy atom. The molecule has 0 saturated carbocycles. The monoisotopic (exact) mass is 222 g/mol. The van der Waals surface area contributed by atoms with E-state index in [1.807, 2.05) is 48.5 Å². The summed E-state index contributed by atoms with van der Waals surface area (Å²) in [5, 5.41) is 12.8. The molecule has 3 heteroatoms. The molecule has 0 N–H and O–H groups in total. The van der Waals surface area contributed by atoms with Crippen molar-refractivity contribution >= 4 is 10.9 Å². The van der Waals surface area contributed by atoms with Crippen molar-refractivity contribution in [3.05, 3.63) is 66.1 Å². The molecule has 3 aromatic rings. The van der Waals surface area contributed by atoms with E-state index in [9.17, 15) is 5.21 Å². The van der Waals surface area contributed by atoms with Gasteiger partial charge in [-0.25, -0.2) is 0 Å². The molecule has 0 aliphatic rings.